The number of ether oxygens (including phenoxy) is 1. The summed E-state index contributed by atoms with van der Waals surface area (Å²) in [6.07, 6.45) is 0. The molecule has 3 nitrogen and oxygen atoms in total. The normalized spacial score (nSPS) is 10.8. The SMILES string of the molecule is [CH-]=C(Cl)/N=C(/C(=O)OC)[C](Br)=[W]. The van der Waals surface area contributed by atoms with E-state index in [2.05, 4.69) is 25.7 Å². The van der Waals surface area contributed by atoms with Gasteiger partial charge < -0.3 is 0 Å². The zero-order valence-electron chi connectivity index (χ0n) is 6.01. The van der Waals surface area contributed by atoms with Crippen LogP contribution in [0.1, 0.15) is 0 Å². The number of hydrogen-bond acceptors (Lipinski definition) is 3. The molecular weight excluding hydrogens is 417 g/mol. The van der Waals surface area contributed by atoms with Crippen LogP contribution in [-0.4, -0.2) is 21.6 Å². The van der Waals surface area contributed by atoms with Crippen LogP contribution in [0.25, 0.3) is 0 Å². The molecule has 0 saturated carbocycles. The molecule has 0 fully saturated rings. The van der Waals surface area contributed by atoms with Gasteiger partial charge in [0, 0.05) is 0 Å². The Bertz CT molecular complexity index is 264. The monoisotopic (exact) mass is 420 g/mol. The van der Waals surface area contributed by atoms with Crippen molar-refractivity contribution < 1.29 is 28.9 Å². The van der Waals surface area contributed by atoms with Crippen LogP contribution in [0.2, 0.25) is 0 Å². The summed E-state index contributed by atoms with van der Waals surface area (Å²) in [6, 6.07) is 0. The third-order valence-corrected chi connectivity index (χ3v) is 1.94. The second kappa shape index (κ2) is 5.79. The number of carbonyl (C=O) groups is 1. The summed E-state index contributed by atoms with van der Waals surface area (Å²) in [7, 11) is 1.26. The topological polar surface area (TPSA) is 38.7 Å². The van der Waals surface area contributed by atoms with Crippen molar-refractivity contribution in [1.82, 2.24) is 0 Å². The van der Waals surface area contributed by atoms with Crippen LogP contribution < -0.4 is 0 Å². The quantitative estimate of drug-likeness (QED) is 0.297. The van der Waals surface area contributed by atoms with Gasteiger partial charge in [-0.1, -0.05) is 0 Å². The van der Waals surface area contributed by atoms with Crippen molar-refractivity contribution in [3.8, 4) is 0 Å². The van der Waals surface area contributed by atoms with Gasteiger partial charge in [0.2, 0.25) is 0 Å². The summed E-state index contributed by atoms with van der Waals surface area (Å²) in [6.45, 7) is 5.09. The van der Waals surface area contributed by atoms with Gasteiger partial charge in [-0.25, -0.2) is 0 Å². The maximum atomic E-state index is 11.0. The van der Waals surface area contributed by atoms with Crippen LogP contribution in [0.4, 0.5) is 0 Å². The van der Waals surface area contributed by atoms with Gasteiger partial charge in [-0.3, -0.25) is 0 Å². The zero-order valence-corrected chi connectivity index (χ0v) is 11.3. The number of aliphatic imine (C=N–C) groups is 1. The predicted octanol–water partition coefficient (Wildman–Crippen LogP) is 1.19. The number of esters is 1. The van der Waals surface area contributed by atoms with Crippen molar-refractivity contribution >= 4 is 42.0 Å². The number of methoxy groups -OCH3 is 1. The molecule has 6 heteroatoms. The number of halogens is 2. The number of carbonyl (C=O) groups excluding carboxylic acids is 1. The Morgan fingerprint density at radius 2 is 2.25 bits per heavy atom. The molecule has 0 radical (unpaired) electrons. The van der Waals surface area contributed by atoms with E-state index in [1.807, 2.05) is 0 Å². The number of hydrogen-bond donors (Lipinski definition) is 0. The third kappa shape index (κ3) is 4.29. The Morgan fingerprint density at radius 1 is 1.75 bits per heavy atom. The van der Waals surface area contributed by atoms with Crippen molar-refractivity contribution in [2.45, 2.75) is 0 Å². The van der Waals surface area contributed by atoms with E-state index in [-0.39, 0.29) is 10.9 Å². The molecule has 0 N–H and O–H groups in total. The van der Waals surface area contributed by atoms with Crippen LogP contribution in [-0.2, 0) is 28.9 Å². The van der Waals surface area contributed by atoms with E-state index in [0.29, 0.717) is 2.81 Å². The van der Waals surface area contributed by atoms with Crippen LogP contribution >= 0.6 is 27.5 Å². The molecule has 0 aromatic heterocycles. The van der Waals surface area contributed by atoms with Gasteiger partial charge in [-0.05, 0) is 0 Å². The third-order valence-electron chi connectivity index (χ3n) is 0.784. The minimum atomic E-state index is -0.569. The summed E-state index contributed by atoms with van der Waals surface area (Å²) in [4.78, 5) is 14.6. The van der Waals surface area contributed by atoms with Crippen LogP contribution in [0.15, 0.2) is 10.1 Å². The second-order valence-corrected chi connectivity index (χ2v) is 6.27. The molecule has 0 aliphatic carbocycles. The average Bonchev–Trinajstić information content (AvgIpc) is 1.98. The summed E-state index contributed by atoms with van der Waals surface area (Å²) >= 11 is 9.43. The van der Waals surface area contributed by atoms with E-state index in [9.17, 15) is 4.79 Å². The molecule has 0 unspecified atom stereocenters. The second-order valence-electron chi connectivity index (χ2n) is 1.55. The van der Waals surface area contributed by atoms with Crippen molar-refractivity contribution in [3.05, 3.63) is 11.7 Å². The first-order chi connectivity index (χ1) is 5.49. The average molecular weight is 421 g/mol. The summed E-state index contributed by atoms with van der Waals surface area (Å²) in [5.74, 6) is -0.569. The van der Waals surface area contributed by atoms with Crippen molar-refractivity contribution in [3.63, 3.8) is 0 Å². The molecule has 0 aliphatic rings. The first-order valence-electron chi connectivity index (χ1n) is 2.63. The van der Waals surface area contributed by atoms with Crippen molar-refractivity contribution in [2.75, 3.05) is 7.11 Å². The number of nitrogens with zero attached hydrogens (tertiary/aromatic N) is 1. The molecule has 66 valence electrons. The van der Waals surface area contributed by atoms with E-state index in [4.69, 9.17) is 18.2 Å². The molecule has 0 aromatic rings. The molecule has 0 aromatic carbocycles. The van der Waals surface area contributed by atoms with Crippen LogP contribution in [0, 0.1) is 6.58 Å². The Labute approximate surface area is 94.4 Å². The fourth-order valence-corrected chi connectivity index (χ4v) is 1.17. The van der Waals surface area contributed by atoms with Gasteiger partial charge in [-0.15, -0.1) is 0 Å². The zero-order chi connectivity index (χ0) is 9.72. The van der Waals surface area contributed by atoms with Gasteiger partial charge in [0.25, 0.3) is 0 Å². The van der Waals surface area contributed by atoms with Gasteiger partial charge in [0.1, 0.15) is 0 Å². The van der Waals surface area contributed by atoms with Crippen molar-refractivity contribution in [1.29, 1.82) is 0 Å². The fourth-order valence-electron chi connectivity index (χ4n) is 0.373. The Morgan fingerprint density at radius 3 is 2.50 bits per heavy atom. The van der Waals surface area contributed by atoms with Gasteiger partial charge in [0.15, 0.2) is 0 Å². The fraction of sp³-hybridized carbons (Fsp3) is 0.167. The molecular formula is C6H4BrClNO2W-. The Kier molecular flexibility index (Phi) is 5.89. The van der Waals surface area contributed by atoms with E-state index in [1.165, 1.54) is 7.11 Å². The Balaban J connectivity index is 4.79. The molecule has 0 saturated heterocycles. The van der Waals surface area contributed by atoms with E-state index in [0.717, 1.165) is 19.4 Å². The van der Waals surface area contributed by atoms with Gasteiger partial charge in [0.05, 0.1) is 0 Å². The molecule has 0 heterocycles. The van der Waals surface area contributed by atoms with Crippen molar-refractivity contribution in [2.24, 2.45) is 4.99 Å². The van der Waals surface area contributed by atoms with Gasteiger partial charge in [-0.2, -0.15) is 0 Å². The predicted molar refractivity (Wildman–Crippen MR) is 47.1 cm³/mol. The summed E-state index contributed by atoms with van der Waals surface area (Å²) in [5, 5.41) is -0.200. The summed E-state index contributed by atoms with van der Waals surface area (Å²) in [5.41, 5.74) is 0.0972. The van der Waals surface area contributed by atoms with E-state index >= 15 is 0 Å². The van der Waals surface area contributed by atoms with Crippen LogP contribution in [0.5, 0.6) is 0 Å². The van der Waals surface area contributed by atoms with Gasteiger partial charge >= 0.3 is 94.7 Å². The molecule has 0 aliphatic heterocycles. The van der Waals surface area contributed by atoms with E-state index in [1.54, 1.807) is 0 Å². The number of rotatable bonds is 3. The van der Waals surface area contributed by atoms with E-state index < -0.39 is 5.97 Å². The Hall–Kier alpha value is 0.208. The molecule has 12 heavy (non-hydrogen) atoms. The maximum absolute atomic E-state index is 11.0. The van der Waals surface area contributed by atoms with Crippen LogP contribution in [0.3, 0.4) is 0 Å². The first kappa shape index (κ1) is 12.2. The first-order valence-corrected chi connectivity index (χ1v) is 5.27. The molecule has 0 rings (SSSR count). The summed E-state index contributed by atoms with van der Waals surface area (Å²) < 4.78 is 5.04. The molecule has 0 atom stereocenters. The molecule has 0 spiro atoms. The minimum absolute atomic E-state index is 0.0972. The molecule has 0 amide bonds. The standard InChI is InChI=1S/C6H4BrClNO2.W/c1-4(8)9-5(3-7)6(10)11-2;/h1H,2H3;/q-1;/b9-5+;. The molecule has 0 bridgehead atoms.